The van der Waals surface area contributed by atoms with E-state index in [0.717, 1.165) is 5.69 Å². The Balaban J connectivity index is 2.28. The molecule has 1 aromatic carbocycles. The molecule has 0 aromatic heterocycles. The van der Waals surface area contributed by atoms with Gasteiger partial charge in [0.1, 0.15) is 11.6 Å². The average Bonchev–Trinajstić information content (AvgIpc) is 2.84. The van der Waals surface area contributed by atoms with E-state index < -0.39 is 11.9 Å². The minimum absolute atomic E-state index is 0.205. The summed E-state index contributed by atoms with van der Waals surface area (Å²) in [6, 6.07) is 9.41. The van der Waals surface area contributed by atoms with Crippen LogP contribution in [-0.4, -0.2) is 31.1 Å². The Bertz CT molecular complexity index is 496. The zero-order chi connectivity index (χ0) is 13.1. The molecule has 0 fully saturated rings. The number of nitrogens with zero attached hydrogens (tertiary/aromatic N) is 2. The van der Waals surface area contributed by atoms with Crippen LogP contribution in [0.4, 0.5) is 5.69 Å². The molecule has 94 valence electrons. The zero-order valence-corrected chi connectivity index (χ0v) is 10.3. The van der Waals surface area contributed by atoms with E-state index in [4.69, 9.17) is 4.74 Å². The highest BCUT2D eigenvalue weighted by atomic mass is 16.5. The first-order valence-corrected chi connectivity index (χ1v) is 5.63. The molecule has 0 radical (unpaired) electrons. The third-order valence-corrected chi connectivity index (χ3v) is 2.81. The molecular weight excluding hydrogens is 232 g/mol. The van der Waals surface area contributed by atoms with Crippen LogP contribution in [0.2, 0.25) is 0 Å². The monoisotopic (exact) mass is 246 g/mol. The lowest BCUT2D eigenvalue weighted by Crippen LogP contribution is -2.30. The van der Waals surface area contributed by atoms with Gasteiger partial charge in [0.2, 0.25) is 0 Å². The number of benzene rings is 1. The molecule has 5 nitrogen and oxygen atoms in total. The van der Waals surface area contributed by atoms with Gasteiger partial charge in [-0.25, -0.2) is 0 Å². The molecule has 1 aliphatic heterocycles. The molecule has 18 heavy (non-hydrogen) atoms. The molecular formula is C13H14N2O3. The van der Waals surface area contributed by atoms with Gasteiger partial charge < -0.3 is 4.74 Å². The van der Waals surface area contributed by atoms with Crippen LogP contribution in [0.25, 0.3) is 0 Å². The lowest BCUT2D eigenvalue weighted by molar-refractivity contribution is -0.142. The van der Waals surface area contributed by atoms with Crippen molar-refractivity contribution in [2.75, 3.05) is 18.7 Å². The summed E-state index contributed by atoms with van der Waals surface area (Å²) >= 11 is 0. The maximum Gasteiger partial charge on any atom is 0.316 e. The van der Waals surface area contributed by atoms with Crippen LogP contribution >= 0.6 is 0 Å². The summed E-state index contributed by atoms with van der Waals surface area (Å²) in [7, 11) is 1.31. The van der Waals surface area contributed by atoms with Gasteiger partial charge in [0.15, 0.2) is 5.78 Å². The maximum absolute atomic E-state index is 11.6. The second kappa shape index (κ2) is 5.00. The molecule has 1 heterocycles. The summed E-state index contributed by atoms with van der Waals surface area (Å²) in [5, 5.41) is 5.86. The molecule has 1 aromatic rings. The normalized spacial score (nSPS) is 18.4. The number of carbonyl (C=O) groups excluding carboxylic acids is 2. The Morgan fingerprint density at radius 3 is 2.56 bits per heavy atom. The number of esters is 1. The van der Waals surface area contributed by atoms with E-state index in [1.165, 1.54) is 14.0 Å². The molecule has 0 aliphatic carbocycles. The molecule has 0 amide bonds. The number of methoxy groups -OCH3 is 1. The second-order valence-electron chi connectivity index (χ2n) is 4.03. The summed E-state index contributed by atoms with van der Waals surface area (Å²) in [6.45, 7) is 1.74. The first-order chi connectivity index (χ1) is 8.63. The molecule has 5 heteroatoms. The van der Waals surface area contributed by atoms with Crippen LogP contribution in [-0.2, 0) is 14.3 Å². The van der Waals surface area contributed by atoms with Crippen LogP contribution < -0.4 is 5.01 Å². The van der Waals surface area contributed by atoms with Crippen molar-refractivity contribution in [2.24, 2.45) is 11.0 Å². The predicted molar refractivity (Wildman–Crippen MR) is 67.4 cm³/mol. The number of para-hydroxylation sites is 1. The molecule has 0 spiro atoms. The summed E-state index contributed by atoms with van der Waals surface area (Å²) in [5.74, 6) is -1.24. The fourth-order valence-electron chi connectivity index (χ4n) is 1.91. The van der Waals surface area contributed by atoms with Crippen molar-refractivity contribution < 1.29 is 14.3 Å². The van der Waals surface area contributed by atoms with E-state index in [-0.39, 0.29) is 11.5 Å². The number of ketones is 1. The van der Waals surface area contributed by atoms with Crippen LogP contribution in [0.1, 0.15) is 6.92 Å². The highest BCUT2D eigenvalue weighted by Gasteiger charge is 2.36. The summed E-state index contributed by atoms with van der Waals surface area (Å²) in [6.07, 6.45) is 0. The van der Waals surface area contributed by atoms with Gasteiger partial charge in [-0.15, -0.1) is 0 Å². The van der Waals surface area contributed by atoms with Gasteiger partial charge in [0.25, 0.3) is 0 Å². The fourth-order valence-corrected chi connectivity index (χ4v) is 1.91. The Hall–Kier alpha value is -2.17. The van der Waals surface area contributed by atoms with Gasteiger partial charge in [0, 0.05) is 6.92 Å². The molecule has 0 bridgehead atoms. The highest BCUT2D eigenvalue weighted by molar-refractivity contribution is 6.43. The molecule has 0 saturated carbocycles. The fraction of sp³-hybridized carbons (Fsp3) is 0.308. The topological polar surface area (TPSA) is 59.0 Å². The second-order valence-corrected chi connectivity index (χ2v) is 4.03. The number of hydrazone groups is 1. The molecule has 0 N–H and O–H groups in total. The lowest BCUT2D eigenvalue weighted by atomic mass is 10.0. The number of hydrogen-bond acceptors (Lipinski definition) is 5. The van der Waals surface area contributed by atoms with E-state index in [1.54, 1.807) is 5.01 Å². The van der Waals surface area contributed by atoms with Gasteiger partial charge in [-0.1, -0.05) is 18.2 Å². The Morgan fingerprint density at radius 2 is 2.00 bits per heavy atom. The quantitative estimate of drug-likeness (QED) is 0.753. The van der Waals surface area contributed by atoms with Crippen LogP contribution in [0.15, 0.2) is 35.4 Å². The van der Waals surface area contributed by atoms with Crippen molar-refractivity contribution >= 4 is 23.2 Å². The van der Waals surface area contributed by atoms with Gasteiger partial charge >= 0.3 is 5.97 Å². The minimum atomic E-state index is -0.604. The molecule has 0 saturated heterocycles. The van der Waals surface area contributed by atoms with Gasteiger partial charge in [-0.3, -0.25) is 14.6 Å². The number of anilines is 1. The standard InChI is InChI=1S/C13H14N2O3/c1-9(16)12-11(13(17)18-2)8-15(14-12)10-6-4-3-5-7-10/h3-7,11H,8H2,1-2H3/t11-/m0/s1. The molecule has 1 atom stereocenters. The smallest absolute Gasteiger partial charge is 0.316 e. The average molecular weight is 246 g/mol. The zero-order valence-electron chi connectivity index (χ0n) is 10.3. The largest absolute Gasteiger partial charge is 0.468 e. The number of hydrogen-bond donors (Lipinski definition) is 0. The van der Waals surface area contributed by atoms with Gasteiger partial charge in [-0.2, -0.15) is 5.10 Å². The van der Waals surface area contributed by atoms with Crippen molar-refractivity contribution in [3.63, 3.8) is 0 Å². The van der Waals surface area contributed by atoms with E-state index >= 15 is 0 Å². The van der Waals surface area contributed by atoms with Crippen molar-refractivity contribution in [1.29, 1.82) is 0 Å². The first-order valence-electron chi connectivity index (χ1n) is 5.63. The highest BCUT2D eigenvalue weighted by Crippen LogP contribution is 2.23. The number of carbonyl (C=O) groups is 2. The Kier molecular flexibility index (Phi) is 3.41. The van der Waals surface area contributed by atoms with E-state index in [9.17, 15) is 9.59 Å². The van der Waals surface area contributed by atoms with Crippen molar-refractivity contribution in [3.05, 3.63) is 30.3 Å². The van der Waals surface area contributed by atoms with Gasteiger partial charge in [0.05, 0.1) is 19.3 Å². The lowest BCUT2D eigenvalue weighted by Gasteiger charge is -2.14. The third kappa shape index (κ3) is 2.25. The third-order valence-electron chi connectivity index (χ3n) is 2.81. The summed E-state index contributed by atoms with van der Waals surface area (Å²) in [5.41, 5.74) is 1.10. The van der Waals surface area contributed by atoms with Crippen LogP contribution in [0.5, 0.6) is 0 Å². The van der Waals surface area contributed by atoms with E-state index in [2.05, 4.69) is 5.10 Å². The Labute approximate surface area is 105 Å². The molecule has 2 rings (SSSR count). The van der Waals surface area contributed by atoms with E-state index in [1.807, 2.05) is 30.3 Å². The SMILES string of the molecule is COC(=O)[C@H]1CN(c2ccccc2)N=C1C(C)=O. The van der Waals surface area contributed by atoms with Crippen molar-refractivity contribution in [2.45, 2.75) is 6.92 Å². The minimum Gasteiger partial charge on any atom is -0.468 e. The van der Waals surface area contributed by atoms with Crippen LogP contribution in [0.3, 0.4) is 0 Å². The first kappa shape index (κ1) is 12.3. The van der Waals surface area contributed by atoms with Crippen molar-refractivity contribution in [1.82, 2.24) is 0 Å². The van der Waals surface area contributed by atoms with Gasteiger partial charge in [-0.05, 0) is 12.1 Å². The molecule has 1 aliphatic rings. The predicted octanol–water partition coefficient (Wildman–Crippen LogP) is 1.24. The summed E-state index contributed by atoms with van der Waals surface area (Å²) in [4.78, 5) is 23.1. The van der Waals surface area contributed by atoms with E-state index in [0.29, 0.717) is 6.54 Å². The molecule has 0 unspecified atom stereocenters. The van der Waals surface area contributed by atoms with Crippen LogP contribution in [0, 0.1) is 5.92 Å². The number of rotatable bonds is 3. The van der Waals surface area contributed by atoms with Crippen molar-refractivity contribution in [3.8, 4) is 0 Å². The summed E-state index contributed by atoms with van der Waals surface area (Å²) < 4.78 is 4.70. The maximum atomic E-state index is 11.6. The number of ether oxygens (including phenoxy) is 1. The number of Topliss-reactive ketones (excluding diaryl/α,β-unsaturated/α-hetero) is 1. The Morgan fingerprint density at radius 1 is 1.33 bits per heavy atom.